The van der Waals surface area contributed by atoms with E-state index in [-0.39, 0.29) is 0 Å². The maximum absolute atomic E-state index is 5.03. The minimum absolute atomic E-state index is 0.588. The molecule has 0 aliphatic carbocycles. The van der Waals surface area contributed by atoms with Gasteiger partial charge in [0.2, 0.25) is 0 Å². The largest absolute Gasteiger partial charge is 0.466 e. The lowest BCUT2D eigenvalue weighted by Gasteiger charge is -1.93. The Morgan fingerprint density at radius 3 is 1.75 bits per heavy atom. The number of rotatable bonds is 1. The molecule has 1 aliphatic heterocycles. The molecule has 0 N–H and O–H groups in total. The van der Waals surface area contributed by atoms with Crippen molar-refractivity contribution in [3.05, 3.63) is 0 Å². The fourth-order valence-corrected chi connectivity index (χ4v) is 0. The molecule has 0 aromatic rings. The van der Waals surface area contributed by atoms with Gasteiger partial charge in [-0.3, -0.25) is 0 Å². The Labute approximate surface area is 55.5 Å². The van der Waals surface area contributed by atoms with E-state index in [1.54, 1.807) is 0 Å². The van der Waals surface area contributed by atoms with Gasteiger partial charge in [0.05, 0.1) is 13.2 Å². The number of ether oxygens (including phenoxy) is 1. The van der Waals surface area contributed by atoms with Crippen molar-refractivity contribution >= 4 is 19.5 Å². The summed E-state index contributed by atoms with van der Waals surface area (Å²) < 4.78 is 9.53. The van der Waals surface area contributed by atoms with Crippen LogP contribution >= 0.6 is 0 Å². The molecule has 0 atom stereocenters. The summed E-state index contributed by atoms with van der Waals surface area (Å²) in [5.41, 5.74) is 0. The van der Waals surface area contributed by atoms with Crippen molar-refractivity contribution < 1.29 is 8.85 Å². The molecule has 0 amide bonds. The van der Waals surface area contributed by atoms with Gasteiger partial charge in [-0.2, -0.15) is 0 Å². The molecule has 2 nitrogen and oxygen atoms in total. The van der Waals surface area contributed by atoms with Crippen LogP contribution in [0.25, 0.3) is 0 Å². The van der Waals surface area contributed by atoms with Crippen LogP contribution in [-0.2, 0) is 8.85 Å². The number of hydrogen-bond donors (Lipinski definition) is 0. The van der Waals surface area contributed by atoms with Gasteiger partial charge in [-0.1, -0.05) is 0 Å². The normalized spacial score (nSPS) is 15.4. The molecule has 0 radical (unpaired) electrons. The number of epoxide rings is 1. The smallest absolute Gasteiger partial charge is 0.156 e. The summed E-state index contributed by atoms with van der Waals surface area (Å²) in [4.78, 5) is 0. The third kappa shape index (κ3) is 16.2. The minimum Gasteiger partial charge on any atom is -0.466 e. The highest BCUT2D eigenvalue weighted by atomic mass is 28.3. The SMILES string of the molecule is C1CO1.C[SiH](C)O[SiH3]. The molecule has 1 rings (SSSR count). The van der Waals surface area contributed by atoms with Crippen molar-refractivity contribution in [3.8, 4) is 0 Å². The van der Waals surface area contributed by atoms with Crippen molar-refractivity contribution in [3.63, 3.8) is 0 Å². The van der Waals surface area contributed by atoms with E-state index >= 15 is 0 Å². The molecule has 1 heterocycles. The first-order chi connectivity index (χ1) is 3.77. The Bertz CT molecular complexity index is 44.5. The predicted molar refractivity (Wildman–Crippen MR) is 40.7 cm³/mol. The zero-order chi connectivity index (χ0) is 6.41. The Balaban J connectivity index is 0.000000135. The van der Waals surface area contributed by atoms with E-state index in [4.69, 9.17) is 4.12 Å². The van der Waals surface area contributed by atoms with Gasteiger partial charge in [-0.05, 0) is 13.1 Å². The van der Waals surface area contributed by atoms with Crippen molar-refractivity contribution in [1.82, 2.24) is 0 Å². The van der Waals surface area contributed by atoms with Crippen LogP contribution in [0, 0.1) is 0 Å². The molecule has 8 heavy (non-hydrogen) atoms. The quantitative estimate of drug-likeness (QED) is 0.364. The van der Waals surface area contributed by atoms with Crippen molar-refractivity contribution in [2.24, 2.45) is 0 Å². The fourth-order valence-electron chi connectivity index (χ4n) is 0. The van der Waals surface area contributed by atoms with E-state index in [9.17, 15) is 0 Å². The Morgan fingerprint density at radius 2 is 1.75 bits per heavy atom. The van der Waals surface area contributed by atoms with Crippen LogP contribution in [0.1, 0.15) is 0 Å². The summed E-state index contributed by atoms with van der Waals surface area (Å²) >= 11 is 0. The molecule has 0 spiro atoms. The highest BCUT2D eigenvalue weighted by Gasteiger charge is 1.94. The Morgan fingerprint density at radius 1 is 1.50 bits per heavy atom. The van der Waals surface area contributed by atoms with E-state index in [1.165, 1.54) is 0 Å². The van der Waals surface area contributed by atoms with E-state index in [0.717, 1.165) is 23.7 Å². The highest BCUT2D eigenvalue weighted by molar-refractivity contribution is 6.52. The van der Waals surface area contributed by atoms with Crippen LogP contribution in [0.15, 0.2) is 0 Å². The minimum atomic E-state index is -0.588. The maximum atomic E-state index is 5.03. The summed E-state index contributed by atoms with van der Waals surface area (Å²) in [6.45, 7) is 6.35. The van der Waals surface area contributed by atoms with Crippen molar-refractivity contribution in [2.45, 2.75) is 13.1 Å². The summed E-state index contributed by atoms with van der Waals surface area (Å²) in [5.74, 6) is 0. The average molecular weight is 150 g/mol. The van der Waals surface area contributed by atoms with Gasteiger partial charge < -0.3 is 8.85 Å². The van der Waals surface area contributed by atoms with Gasteiger partial charge in [-0.25, -0.2) is 0 Å². The molecule has 1 aliphatic rings. The van der Waals surface area contributed by atoms with E-state index < -0.39 is 9.04 Å². The third-order valence-electron chi connectivity index (χ3n) is 0.676. The molecule has 0 unspecified atom stereocenters. The molecular weight excluding hydrogens is 136 g/mol. The topological polar surface area (TPSA) is 21.8 Å². The lowest BCUT2D eigenvalue weighted by Crippen LogP contribution is -2.02. The molecule has 0 aromatic heterocycles. The number of hydrogen-bond acceptors (Lipinski definition) is 2. The van der Waals surface area contributed by atoms with Gasteiger partial charge in [0.25, 0.3) is 0 Å². The summed E-state index contributed by atoms with van der Waals surface area (Å²) in [7, 11) is 0.347. The van der Waals surface area contributed by atoms with Gasteiger partial charge >= 0.3 is 0 Å². The molecule has 1 saturated heterocycles. The maximum Gasteiger partial charge on any atom is 0.156 e. The molecule has 50 valence electrons. The van der Waals surface area contributed by atoms with E-state index in [2.05, 4.69) is 17.8 Å². The van der Waals surface area contributed by atoms with Crippen molar-refractivity contribution in [1.29, 1.82) is 0 Å². The lowest BCUT2D eigenvalue weighted by atomic mass is 11.0. The molecule has 0 aromatic carbocycles. The summed E-state index contributed by atoms with van der Waals surface area (Å²) in [6.07, 6.45) is 0. The van der Waals surface area contributed by atoms with Crippen LogP contribution in [-0.4, -0.2) is 32.7 Å². The molecule has 0 bridgehead atoms. The highest BCUT2D eigenvalue weighted by Crippen LogP contribution is 1.84. The first kappa shape index (κ1) is 8.35. The van der Waals surface area contributed by atoms with Gasteiger partial charge in [0.1, 0.15) is 10.5 Å². The average Bonchev–Trinajstić information content (AvgIpc) is 2.48. The van der Waals surface area contributed by atoms with Crippen LogP contribution in [0.4, 0.5) is 0 Å². The Kier molecular flexibility index (Phi) is 5.73. The summed E-state index contributed by atoms with van der Waals surface area (Å²) in [5, 5.41) is 0. The zero-order valence-electron chi connectivity index (χ0n) is 5.81. The van der Waals surface area contributed by atoms with Crippen LogP contribution in [0.5, 0.6) is 0 Å². The second kappa shape index (κ2) is 5.49. The first-order valence-corrected chi connectivity index (χ1v) is 6.47. The molecule has 1 fully saturated rings. The second-order valence-electron chi connectivity index (χ2n) is 1.90. The predicted octanol–water partition coefficient (Wildman–Crippen LogP) is -0.717. The Hall–Kier alpha value is 0.354. The monoisotopic (exact) mass is 150 g/mol. The zero-order valence-corrected chi connectivity index (χ0v) is 8.96. The molecular formula is C4H14O2Si2. The van der Waals surface area contributed by atoms with Gasteiger partial charge in [0.15, 0.2) is 9.04 Å². The summed E-state index contributed by atoms with van der Waals surface area (Å²) in [6, 6.07) is 0. The van der Waals surface area contributed by atoms with Crippen LogP contribution in [0.2, 0.25) is 13.1 Å². The third-order valence-corrected chi connectivity index (χ3v) is 4.45. The fraction of sp³-hybridized carbons (Fsp3) is 1.00. The molecule has 4 heteroatoms. The van der Waals surface area contributed by atoms with E-state index in [1.807, 2.05) is 0 Å². The van der Waals surface area contributed by atoms with Gasteiger partial charge in [0, 0.05) is 0 Å². The van der Waals surface area contributed by atoms with Crippen LogP contribution in [0.3, 0.4) is 0 Å². The molecule has 0 saturated carbocycles. The van der Waals surface area contributed by atoms with E-state index in [0.29, 0.717) is 0 Å². The first-order valence-electron chi connectivity index (χ1n) is 2.88. The second-order valence-corrected chi connectivity index (χ2v) is 5.88. The standard InChI is InChI=1S/C2H10OSi2.C2H4O/c1-5(2)3-4;1-2-3-1/h5H,1-2,4H3;1-2H2. The van der Waals surface area contributed by atoms with Gasteiger partial charge in [-0.15, -0.1) is 0 Å². The van der Waals surface area contributed by atoms with Crippen molar-refractivity contribution in [2.75, 3.05) is 13.2 Å². The lowest BCUT2D eigenvalue weighted by molar-refractivity contribution is 0.475. The van der Waals surface area contributed by atoms with Crippen LogP contribution < -0.4 is 0 Å².